The summed E-state index contributed by atoms with van der Waals surface area (Å²) in [6.07, 6.45) is 4.75. The molecule has 4 nitrogen and oxygen atoms in total. The minimum Gasteiger partial charge on any atom is -0.486 e. The monoisotopic (exact) mass is 291 g/mol. The third-order valence-electron chi connectivity index (χ3n) is 4.65. The molecule has 0 bridgehead atoms. The van der Waals surface area contributed by atoms with Gasteiger partial charge in [-0.05, 0) is 36.0 Å². The molecule has 0 amide bonds. The number of aliphatic hydroxyl groups excluding tert-OH is 1. The van der Waals surface area contributed by atoms with Crippen molar-refractivity contribution < 1.29 is 14.6 Å². The molecule has 1 aliphatic carbocycles. The molecule has 0 radical (unpaired) electrons. The van der Waals surface area contributed by atoms with Gasteiger partial charge in [-0.2, -0.15) is 0 Å². The minimum absolute atomic E-state index is 0.409. The van der Waals surface area contributed by atoms with Crippen LogP contribution in [0.15, 0.2) is 18.2 Å². The second-order valence-corrected chi connectivity index (χ2v) is 6.57. The predicted octanol–water partition coefficient (Wildman–Crippen LogP) is 2.66. The Balaban J connectivity index is 1.54. The topological polar surface area (TPSA) is 50.7 Å². The first-order valence-electron chi connectivity index (χ1n) is 7.95. The van der Waals surface area contributed by atoms with E-state index in [4.69, 9.17) is 9.47 Å². The summed E-state index contributed by atoms with van der Waals surface area (Å²) >= 11 is 0. The summed E-state index contributed by atoms with van der Waals surface area (Å²) in [5, 5.41) is 13.7. The van der Waals surface area contributed by atoms with Crippen LogP contribution in [0.25, 0.3) is 0 Å². The van der Waals surface area contributed by atoms with Gasteiger partial charge in [0.1, 0.15) is 13.2 Å². The average Bonchev–Trinajstić information content (AvgIpc) is 2.93. The lowest BCUT2D eigenvalue weighted by molar-refractivity contribution is 0.159. The van der Waals surface area contributed by atoms with Crippen LogP contribution in [0.5, 0.6) is 11.5 Å². The molecule has 4 heteroatoms. The Labute approximate surface area is 126 Å². The molecule has 1 aliphatic heterocycles. The van der Waals surface area contributed by atoms with Crippen LogP contribution in [0, 0.1) is 5.41 Å². The van der Waals surface area contributed by atoms with E-state index < -0.39 is 6.10 Å². The summed E-state index contributed by atoms with van der Waals surface area (Å²) in [5.74, 6) is 1.50. The Morgan fingerprint density at radius 3 is 2.67 bits per heavy atom. The van der Waals surface area contributed by atoms with E-state index >= 15 is 0 Å². The van der Waals surface area contributed by atoms with Gasteiger partial charge in [-0.25, -0.2) is 0 Å². The Hall–Kier alpha value is -1.26. The van der Waals surface area contributed by atoms with Gasteiger partial charge in [0.05, 0.1) is 6.10 Å². The first-order chi connectivity index (χ1) is 10.2. The zero-order valence-electron chi connectivity index (χ0n) is 12.7. The Bertz CT molecular complexity index is 483. The van der Waals surface area contributed by atoms with Gasteiger partial charge in [0, 0.05) is 13.1 Å². The molecule has 0 spiro atoms. The van der Waals surface area contributed by atoms with E-state index in [2.05, 4.69) is 12.2 Å². The van der Waals surface area contributed by atoms with Crippen LogP contribution in [0.1, 0.15) is 44.3 Å². The van der Waals surface area contributed by atoms with Gasteiger partial charge in [0.15, 0.2) is 11.5 Å². The van der Waals surface area contributed by atoms with Crippen LogP contribution < -0.4 is 14.8 Å². The number of rotatable bonds is 5. The van der Waals surface area contributed by atoms with E-state index in [0.29, 0.717) is 25.2 Å². The van der Waals surface area contributed by atoms with E-state index in [9.17, 15) is 5.11 Å². The number of hydrogen-bond acceptors (Lipinski definition) is 4. The maximum atomic E-state index is 10.3. The largest absolute Gasteiger partial charge is 0.486 e. The van der Waals surface area contributed by atoms with Crippen LogP contribution in [0.4, 0.5) is 0 Å². The third-order valence-corrected chi connectivity index (χ3v) is 4.65. The van der Waals surface area contributed by atoms with Gasteiger partial charge in [0.2, 0.25) is 0 Å². The van der Waals surface area contributed by atoms with E-state index in [-0.39, 0.29) is 0 Å². The van der Waals surface area contributed by atoms with Crippen molar-refractivity contribution in [3.63, 3.8) is 0 Å². The summed E-state index contributed by atoms with van der Waals surface area (Å²) < 4.78 is 11.1. The van der Waals surface area contributed by atoms with Crippen LogP contribution >= 0.6 is 0 Å². The quantitative estimate of drug-likeness (QED) is 0.875. The van der Waals surface area contributed by atoms with Crippen molar-refractivity contribution in [2.24, 2.45) is 5.41 Å². The van der Waals surface area contributed by atoms with Gasteiger partial charge in [0.25, 0.3) is 0 Å². The lowest BCUT2D eigenvalue weighted by Crippen LogP contribution is -2.32. The van der Waals surface area contributed by atoms with Crippen LogP contribution in [-0.4, -0.2) is 31.4 Å². The molecule has 1 saturated carbocycles. The first kappa shape index (κ1) is 14.7. The molecule has 1 aromatic rings. The van der Waals surface area contributed by atoms with Crippen molar-refractivity contribution in [3.8, 4) is 11.5 Å². The SMILES string of the molecule is CC1(CNCC(O)c2ccc3c(c2)OCCO3)CCCC1. The molecule has 116 valence electrons. The molecule has 1 unspecified atom stereocenters. The fourth-order valence-corrected chi connectivity index (χ4v) is 3.30. The third kappa shape index (κ3) is 3.50. The van der Waals surface area contributed by atoms with Crippen LogP contribution in [0.3, 0.4) is 0 Å². The van der Waals surface area contributed by atoms with Gasteiger partial charge < -0.3 is 19.9 Å². The van der Waals surface area contributed by atoms with Gasteiger partial charge in [-0.3, -0.25) is 0 Å². The van der Waals surface area contributed by atoms with Crippen LogP contribution in [0.2, 0.25) is 0 Å². The molecule has 2 N–H and O–H groups in total. The van der Waals surface area contributed by atoms with E-state index in [1.165, 1.54) is 25.7 Å². The smallest absolute Gasteiger partial charge is 0.161 e. The maximum absolute atomic E-state index is 10.3. The fourth-order valence-electron chi connectivity index (χ4n) is 3.30. The molecule has 0 aromatic heterocycles. The Kier molecular flexibility index (Phi) is 4.36. The highest BCUT2D eigenvalue weighted by Gasteiger charge is 2.28. The number of hydrogen-bond donors (Lipinski definition) is 2. The standard InChI is InChI=1S/C17H25NO3/c1-17(6-2-3-7-17)12-18-11-14(19)13-4-5-15-16(10-13)21-9-8-20-15/h4-5,10,14,18-19H,2-3,6-9,11-12H2,1H3. The van der Waals surface area contributed by atoms with Crippen molar-refractivity contribution in [2.45, 2.75) is 38.7 Å². The van der Waals surface area contributed by atoms with Crippen molar-refractivity contribution in [1.29, 1.82) is 0 Å². The molecule has 1 heterocycles. The van der Waals surface area contributed by atoms with Gasteiger partial charge >= 0.3 is 0 Å². The number of nitrogens with one attached hydrogen (secondary N) is 1. The van der Waals surface area contributed by atoms with E-state index in [1.807, 2.05) is 18.2 Å². The van der Waals surface area contributed by atoms with E-state index in [1.54, 1.807) is 0 Å². The zero-order valence-corrected chi connectivity index (χ0v) is 12.7. The second kappa shape index (κ2) is 6.24. The van der Waals surface area contributed by atoms with Crippen molar-refractivity contribution in [2.75, 3.05) is 26.3 Å². The molecular formula is C17H25NO3. The lowest BCUT2D eigenvalue weighted by Gasteiger charge is -2.25. The first-order valence-corrected chi connectivity index (χ1v) is 7.95. The Morgan fingerprint density at radius 1 is 1.19 bits per heavy atom. The highest BCUT2D eigenvalue weighted by Crippen LogP contribution is 2.37. The summed E-state index contributed by atoms with van der Waals surface area (Å²) in [6, 6.07) is 5.68. The molecular weight excluding hydrogens is 266 g/mol. The number of ether oxygens (including phenoxy) is 2. The molecule has 1 atom stereocenters. The molecule has 2 aliphatic rings. The van der Waals surface area contributed by atoms with Crippen molar-refractivity contribution >= 4 is 0 Å². The highest BCUT2D eigenvalue weighted by molar-refractivity contribution is 5.44. The van der Waals surface area contributed by atoms with Crippen LogP contribution in [-0.2, 0) is 0 Å². The minimum atomic E-state index is -0.508. The van der Waals surface area contributed by atoms with Crippen molar-refractivity contribution in [1.82, 2.24) is 5.32 Å². The summed E-state index contributed by atoms with van der Waals surface area (Å²) in [6.45, 7) is 5.06. The predicted molar refractivity (Wildman–Crippen MR) is 81.8 cm³/mol. The second-order valence-electron chi connectivity index (χ2n) is 6.57. The van der Waals surface area contributed by atoms with E-state index in [0.717, 1.165) is 23.6 Å². The maximum Gasteiger partial charge on any atom is 0.161 e. The molecule has 0 saturated heterocycles. The summed E-state index contributed by atoms with van der Waals surface area (Å²) in [7, 11) is 0. The number of fused-ring (bicyclic) bond motifs is 1. The zero-order chi connectivity index (χ0) is 14.7. The fraction of sp³-hybridized carbons (Fsp3) is 0.647. The molecule has 3 rings (SSSR count). The van der Waals surface area contributed by atoms with Crippen molar-refractivity contribution in [3.05, 3.63) is 23.8 Å². The lowest BCUT2D eigenvalue weighted by atomic mass is 9.89. The average molecular weight is 291 g/mol. The van der Waals surface area contributed by atoms with Gasteiger partial charge in [-0.15, -0.1) is 0 Å². The molecule has 21 heavy (non-hydrogen) atoms. The molecule has 1 aromatic carbocycles. The number of aliphatic hydroxyl groups is 1. The molecule has 1 fully saturated rings. The normalized spacial score (nSPS) is 21.2. The number of benzene rings is 1. The Morgan fingerprint density at radius 2 is 1.90 bits per heavy atom. The van der Waals surface area contributed by atoms with Gasteiger partial charge in [-0.1, -0.05) is 25.8 Å². The summed E-state index contributed by atoms with van der Waals surface area (Å²) in [5.41, 5.74) is 1.29. The highest BCUT2D eigenvalue weighted by atomic mass is 16.6. The summed E-state index contributed by atoms with van der Waals surface area (Å²) in [4.78, 5) is 0.